The van der Waals surface area contributed by atoms with Gasteiger partial charge in [-0.05, 0) is 23.3 Å². The van der Waals surface area contributed by atoms with Gasteiger partial charge in [0.1, 0.15) is 18.3 Å². The molecule has 0 bridgehead atoms. The highest BCUT2D eigenvalue weighted by Gasteiger charge is 2.60. The van der Waals surface area contributed by atoms with E-state index in [1.807, 2.05) is 0 Å². The number of esters is 1. The van der Waals surface area contributed by atoms with Crippen LogP contribution in [-0.2, 0) is 42.0 Å². The van der Waals surface area contributed by atoms with Crippen molar-refractivity contribution < 1.29 is 32.5 Å². The zero-order valence-electron chi connectivity index (χ0n) is 17.9. The minimum Gasteiger partial charge on any atom is -0.456 e. The maximum absolute atomic E-state index is 12.8. The number of nitro benzene ring substituents is 1. The smallest absolute Gasteiger partial charge is 0.356 e. The standard InChI is InChI=1S/C22H18ClN3O8S/c23-16-12-35(32,33)21-18(24-17(27)10-13-4-2-1-3-5-13)20(28)25(21)19(16)22(29)34-11-14-6-8-15(9-7-14)26(30)31/h1-9,18,21H,10-12H2,(H,24,27)/t18-,21-/m1/s1. The Morgan fingerprint density at radius 1 is 1.11 bits per heavy atom. The third-order valence-electron chi connectivity index (χ3n) is 5.47. The van der Waals surface area contributed by atoms with E-state index in [1.54, 1.807) is 30.3 Å². The number of β-lactam (4-membered cyclic amide) rings is 1. The molecule has 2 amide bonds. The molecular weight excluding hydrogens is 502 g/mol. The van der Waals surface area contributed by atoms with Crippen molar-refractivity contribution in [3.05, 3.63) is 86.6 Å². The fourth-order valence-corrected chi connectivity index (χ4v) is 6.22. The predicted molar refractivity (Wildman–Crippen MR) is 122 cm³/mol. The number of hydrogen-bond donors (Lipinski definition) is 1. The number of rotatable bonds is 7. The fraction of sp³-hybridized carbons (Fsp3) is 0.227. The molecule has 11 nitrogen and oxygen atoms in total. The van der Waals surface area contributed by atoms with Crippen LogP contribution in [0.4, 0.5) is 5.69 Å². The van der Waals surface area contributed by atoms with Gasteiger partial charge in [0.2, 0.25) is 5.91 Å². The second kappa shape index (κ2) is 9.47. The number of fused-ring (bicyclic) bond motifs is 1. The molecule has 2 atom stereocenters. The van der Waals surface area contributed by atoms with Crippen LogP contribution in [0.5, 0.6) is 0 Å². The number of halogens is 1. The molecule has 0 unspecified atom stereocenters. The number of ether oxygens (including phenoxy) is 1. The number of non-ortho nitro benzene ring substituents is 1. The van der Waals surface area contributed by atoms with Gasteiger partial charge in [-0.3, -0.25) is 24.6 Å². The second-order valence-electron chi connectivity index (χ2n) is 7.87. The van der Waals surface area contributed by atoms with Crippen LogP contribution in [-0.4, -0.2) is 53.2 Å². The molecule has 0 spiro atoms. The van der Waals surface area contributed by atoms with E-state index in [0.29, 0.717) is 11.1 Å². The molecule has 2 aliphatic heterocycles. The summed E-state index contributed by atoms with van der Waals surface area (Å²) in [6.45, 7) is -0.290. The number of nitrogens with one attached hydrogen (secondary N) is 1. The lowest BCUT2D eigenvalue weighted by Gasteiger charge is -2.48. The maximum atomic E-state index is 12.8. The SMILES string of the molecule is O=C(Cc1ccccc1)N[C@@H]1C(=O)N2C(C(=O)OCc3ccc([N+](=O)[O-])cc3)=C(Cl)CS(=O)(=O)[C@H]12. The van der Waals surface area contributed by atoms with Crippen LogP contribution < -0.4 is 5.32 Å². The normalized spacial score (nSPS) is 20.5. The summed E-state index contributed by atoms with van der Waals surface area (Å²) in [5, 5.41) is 11.3. The number of sulfone groups is 1. The van der Waals surface area contributed by atoms with E-state index in [1.165, 1.54) is 24.3 Å². The summed E-state index contributed by atoms with van der Waals surface area (Å²) >= 11 is 6.06. The Bertz CT molecular complexity index is 1340. The van der Waals surface area contributed by atoms with Crippen LogP contribution in [0.25, 0.3) is 0 Å². The van der Waals surface area contributed by atoms with Gasteiger partial charge in [0, 0.05) is 12.1 Å². The van der Waals surface area contributed by atoms with Gasteiger partial charge in [0.05, 0.1) is 22.1 Å². The molecule has 182 valence electrons. The monoisotopic (exact) mass is 519 g/mol. The van der Waals surface area contributed by atoms with Crippen LogP contribution in [0, 0.1) is 10.1 Å². The van der Waals surface area contributed by atoms with Crippen LogP contribution >= 0.6 is 11.6 Å². The number of amides is 2. The van der Waals surface area contributed by atoms with Gasteiger partial charge in [0.15, 0.2) is 15.2 Å². The summed E-state index contributed by atoms with van der Waals surface area (Å²) in [5.41, 5.74) is 0.560. The number of nitrogens with zero attached hydrogens (tertiary/aromatic N) is 2. The highest BCUT2D eigenvalue weighted by Crippen LogP contribution is 2.38. The van der Waals surface area contributed by atoms with Gasteiger partial charge in [-0.1, -0.05) is 41.9 Å². The average Bonchev–Trinajstić information content (AvgIpc) is 2.81. The minimum atomic E-state index is -3.99. The van der Waals surface area contributed by atoms with Crippen molar-refractivity contribution in [2.75, 3.05) is 5.75 Å². The first-order valence-corrected chi connectivity index (χ1v) is 12.3. The van der Waals surface area contributed by atoms with Crippen LogP contribution in [0.15, 0.2) is 65.3 Å². The Morgan fingerprint density at radius 2 is 1.77 bits per heavy atom. The van der Waals surface area contributed by atoms with E-state index in [0.717, 1.165) is 4.90 Å². The van der Waals surface area contributed by atoms with Crippen molar-refractivity contribution in [1.82, 2.24) is 10.2 Å². The predicted octanol–water partition coefficient (Wildman–Crippen LogP) is 1.41. The van der Waals surface area contributed by atoms with E-state index in [2.05, 4.69) is 5.32 Å². The molecule has 2 aromatic carbocycles. The Morgan fingerprint density at radius 3 is 2.40 bits per heavy atom. The summed E-state index contributed by atoms with van der Waals surface area (Å²) in [7, 11) is -3.99. The summed E-state index contributed by atoms with van der Waals surface area (Å²) in [6, 6.07) is 12.6. The van der Waals surface area contributed by atoms with Gasteiger partial charge in [-0.2, -0.15) is 0 Å². The van der Waals surface area contributed by atoms with E-state index >= 15 is 0 Å². The largest absolute Gasteiger partial charge is 0.456 e. The van der Waals surface area contributed by atoms with Crippen molar-refractivity contribution in [3.8, 4) is 0 Å². The van der Waals surface area contributed by atoms with Gasteiger partial charge in [-0.15, -0.1) is 0 Å². The van der Waals surface area contributed by atoms with Gasteiger partial charge in [0.25, 0.3) is 11.6 Å². The molecule has 2 aromatic rings. The quantitative estimate of drug-likeness (QED) is 0.249. The first-order valence-electron chi connectivity index (χ1n) is 10.3. The topological polar surface area (TPSA) is 153 Å². The average molecular weight is 520 g/mol. The zero-order chi connectivity index (χ0) is 25.3. The van der Waals surface area contributed by atoms with Gasteiger partial charge in [-0.25, -0.2) is 13.2 Å². The highest BCUT2D eigenvalue weighted by atomic mass is 35.5. The van der Waals surface area contributed by atoms with E-state index in [9.17, 15) is 32.9 Å². The molecule has 1 fully saturated rings. The van der Waals surface area contributed by atoms with Crippen molar-refractivity contribution in [2.45, 2.75) is 24.4 Å². The van der Waals surface area contributed by atoms with Crippen molar-refractivity contribution >= 4 is 44.9 Å². The molecule has 0 saturated carbocycles. The zero-order valence-corrected chi connectivity index (χ0v) is 19.5. The molecule has 13 heteroatoms. The van der Waals surface area contributed by atoms with Crippen molar-refractivity contribution in [2.24, 2.45) is 0 Å². The van der Waals surface area contributed by atoms with Crippen LogP contribution in [0.2, 0.25) is 0 Å². The Labute approximate surface area is 204 Å². The molecule has 4 rings (SSSR count). The van der Waals surface area contributed by atoms with Gasteiger partial charge >= 0.3 is 5.97 Å². The third-order valence-corrected chi connectivity index (χ3v) is 7.85. The molecule has 2 heterocycles. The Kier molecular flexibility index (Phi) is 6.59. The summed E-state index contributed by atoms with van der Waals surface area (Å²) in [6.07, 6.45) is -0.0574. The third kappa shape index (κ3) is 4.88. The van der Waals surface area contributed by atoms with E-state index in [-0.39, 0.29) is 23.7 Å². The molecule has 0 aliphatic carbocycles. The fourth-order valence-electron chi connectivity index (χ4n) is 3.81. The van der Waals surface area contributed by atoms with Crippen LogP contribution in [0.1, 0.15) is 11.1 Å². The first kappa shape index (κ1) is 24.4. The number of carbonyl (C=O) groups excluding carboxylic acids is 3. The lowest BCUT2D eigenvalue weighted by atomic mass is 10.0. The summed E-state index contributed by atoms with van der Waals surface area (Å²) in [5.74, 6) is -3.08. The highest BCUT2D eigenvalue weighted by molar-refractivity contribution is 7.92. The number of carbonyl (C=O) groups is 3. The number of nitro groups is 1. The number of hydrogen-bond acceptors (Lipinski definition) is 8. The van der Waals surface area contributed by atoms with Gasteiger partial charge < -0.3 is 10.1 Å². The molecular formula is C22H18ClN3O8S. The minimum absolute atomic E-state index is 0.0574. The first-order chi connectivity index (χ1) is 16.6. The van der Waals surface area contributed by atoms with Crippen LogP contribution in [0.3, 0.4) is 0 Å². The second-order valence-corrected chi connectivity index (χ2v) is 10.4. The lowest BCUT2D eigenvalue weighted by molar-refractivity contribution is -0.384. The molecule has 2 aliphatic rings. The van der Waals surface area contributed by atoms with Crippen molar-refractivity contribution in [1.29, 1.82) is 0 Å². The molecule has 0 aromatic heterocycles. The molecule has 1 N–H and O–H groups in total. The van der Waals surface area contributed by atoms with E-state index < -0.39 is 55.4 Å². The summed E-state index contributed by atoms with van der Waals surface area (Å²) in [4.78, 5) is 48.8. The maximum Gasteiger partial charge on any atom is 0.356 e. The molecule has 35 heavy (non-hydrogen) atoms. The summed E-state index contributed by atoms with van der Waals surface area (Å²) < 4.78 is 30.6. The molecule has 0 radical (unpaired) electrons. The molecule has 1 saturated heterocycles. The number of benzene rings is 2. The lowest BCUT2D eigenvalue weighted by Crippen LogP contribution is -2.74. The van der Waals surface area contributed by atoms with E-state index in [4.69, 9.17) is 16.3 Å². The Balaban J connectivity index is 1.46. The van der Waals surface area contributed by atoms with Crippen molar-refractivity contribution in [3.63, 3.8) is 0 Å². The Hall–Kier alpha value is -3.77.